The average molecular weight is 266 g/mol. The van der Waals surface area contributed by atoms with E-state index in [4.69, 9.17) is 15.2 Å². The lowest BCUT2D eigenvalue weighted by molar-refractivity contribution is -0.133. The number of likely N-dealkylation sites (N-methyl/N-ethyl adjacent to an activating group) is 1. The van der Waals surface area contributed by atoms with Crippen LogP contribution in [0.3, 0.4) is 0 Å². The van der Waals surface area contributed by atoms with Crippen LogP contribution < -0.4 is 10.5 Å². The van der Waals surface area contributed by atoms with E-state index in [-0.39, 0.29) is 12.5 Å². The molecule has 106 valence electrons. The van der Waals surface area contributed by atoms with E-state index in [2.05, 4.69) is 0 Å². The molecule has 1 amide bonds. The van der Waals surface area contributed by atoms with Gasteiger partial charge in [-0.15, -0.1) is 0 Å². The fourth-order valence-corrected chi connectivity index (χ4v) is 1.68. The topological polar surface area (TPSA) is 64.8 Å². The maximum absolute atomic E-state index is 12.0. The van der Waals surface area contributed by atoms with E-state index in [0.717, 1.165) is 11.3 Å². The van der Waals surface area contributed by atoms with Crippen LogP contribution in [-0.2, 0) is 16.1 Å². The molecule has 5 nitrogen and oxygen atoms in total. The second-order valence-corrected chi connectivity index (χ2v) is 4.31. The van der Waals surface area contributed by atoms with E-state index in [0.29, 0.717) is 13.2 Å². The summed E-state index contributed by atoms with van der Waals surface area (Å²) in [6.07, 6.45) is 0. The number of benzene rings is 1. The van der Waals surface area contributed by atoms with Crippen molar-refractivity contribution in [1.82, 2.24) is 4.90 Å². The van der Waals surface area contributed by atoms with Crippen molar-refractivity contribution in [2.45, 2.75) is 19.5 Å². The number of ether oxygens (including phenoxy) is 2. The van der Waals surface area contributed by atoms with Crippen molar-refractivity contribution in [3.8, 4) is 5.75 Å². The largest absolute Gasteiger partial charge is 0.497 e. The minimum Gasteiger partial charge on any atom is -0.497 e. The molecule has 0 unspecified atom stereocenters. The van der Waals surface area contributed by atoms with Gasteiger partial charge in [-0.3, -0.25) is 4.79 Å². The minimum atomic E-state index is -0.608. The molecule has 0 radical (unpaired) electrons. The molecule has 1 rings (SSSR count). The van der Waals surface area contributed by atoms with Crippen LogP contribution >= 0.6 is 0 Å². The second kappa shape index (κ2) is 7.76. The lowest BCUT2D eigenvalue weighted by Crippen LogP contribution is -2.44. The van der Waals surface area contributed by atoms with Crippen LogP contribution in [0.2, 0.25) is 0 Å². The molecular weight excluding hydrogens is 244 g/mol. The monoisotopic (exact) mass is 266 g/mol. The van der Waals surface area contributed by atoms with Crippen LogP contribution in [0.5, 0.6) is 5.75 Å². The highest BCUT2D eigenvalue weighted by Gasteiger charge is 2.18. The van der Waals surface area contributed by atoms with Gasteiger partial charge in [-0.1, -0.05) is 12.1 Å². The molecule has 2 N–H and O–H groups in total. The number of amides is 1. The third-order valence-electron chi connectivity index (χ3n) is 2.77. The Balaban J connectivity index is 2.52. The first-order chi connectivity index (χ1) is 9.08. The van der Waals surface area contributed by atoms with Gasteiger partial charge in [0.2, 0.25) is 5.91 Å². The Kier molecular flexibility index (Phi) is 6.32. The highest BCUT2D eigenvalue weighted by Crippen LogP contribution is 2.12. The fraction of sp³-hybridized carbons (Fsp3) is 0.500. The normalized spacial score (nSPS) is 12.0. The van der Waals surface area contributed by atoms with Crippen molar-refractivity contribution in [1.29, 1.82) is 0 Å². The van der Waals surface area contributed by atoms with E-state index in [1.165, 1.54) is 0 Å². The second-order valence-electron chi connectivity index (χ2n) is 4.31. The van der Waals surface area contributed by atoms with Crippen molar-refractivity contribution in [2.75, 3.05) is 27.4 Å². The van der Waals surface area contributed by atoms with E-state index in [9.17, 15) is 4.79 Å². The van der Waals surface area contributed by atoms with Crippen molar-refractivity contribution in [2.24, 2.45) is 5.73 Å². The van der Waals surface area contributed by atoms with E-state index >= 15 is 0 Å². The van der Waals surface area contributed by atoms with Gasteiger partial charge in [0.05, 0.1) is 13.7 Å². The molecule has 0 heterocycles. The number of carbonyl (C=O) groups is 1. The van der Waals surface area contributed by atoms with Gasteiger partial charge in [0.25, 0.3) is 0 Å². The van der Waals surface area contributed by atoms with E-state index in [1.807, 2.05) is 31.2 Å². The quantitative estimate of drug-likeness (QED) is 0.800. The fourth-order valence-electron chi connectivity index (χ4n) is 1.68. The Bertz CT molecular complexity index is 392. The zero-order chi connectivity index (χ0) is 14.3. The summed E-state index contributed by atoms with van der Waals surface area (Å²) >= 11 is 0. The molecule has 0 aliphatic carbocycles. The Hall–Kier alpha value is -1.59. The number of hydrogen-bond acceptors (Lipinski definition) is 4. The minimum absolute atomic E-state index is 0.121. The molecule has 0 saturated carbocycles. The Labute approximate surface area is 114 Å². The van der Waals surface area contributed by atoms with Gasteiger partial charge in [0.15, 0.2) is 0 Å². The molecule has 0 bridgehead atoms. The number of nitrogens with zero attached hydrogens (tertiary/aromatic N) is 1. The van der Waals surface area contributed by atoms with Gasteiger partial charge in [0.1, 0.15) is 11.8 Å². The van der Waals surface area contributed by atoms with Gasteiger partial charge in [-0.05, 0) is 24.6 Å². The maximum atomic E-state index is 12.0. The molecule has 0 aliphatic heterocycles. The standard InChI is InChI=1S/C14H22N2O3/c1-4-19-10-13(15)14(17)16(2)9-11-5-7-12(18-3)8-6-11/h5-8,13H,4,9-10,15H2,1-3H3/t13-/m1/s1. The van der Waals surface area contributed by atoms with Crippen LogP contribution in [0.1, 0.15) is 12.5 Å². The summed E-state index contributed by atoms with van der Waals surface area (Å²) in [5.41, 5.74) is 6.80. The smallest absolute Gasteiger partial charge is 0.241 e. The third kappa shape index (κ3) is 4.89. The van der Waals surface area contributed by atoms with Crippen molar-refractivity contribution < 1.29 is 14.3 Å². The van der Waals surface area contributed by atoms with Crippen molar-refractivity contribution in [3.05, 3.63) is 29.8 Å². The first kappa shape index (κ1) is 15.5. The number of nitrogens with two attached hydrogens (primary N) is 1. The SMILES string of the molecule is CCOC[C@@H](N)C(=O)N(C)Cc1ccc(OC)cc1. The Morgan fingerprint density at radius 2 is 2.00 bits per heavy atom. The molecule has 5 heteroatoms. The van der Waals surface area contributed by atoms with Crippen LogP contribution in [0, 0.1) is 0 Å². The molecule has 0 saturated heterocycles. The number of carbonyl (C=O) groups excluding carboxylic acids is 1. The number of hydrogen-bond donors (Lipinski definition) is 1. The number of rotatable bonds is 7. The molecule has 1 aromatic carbocycles. The van der Waals surface area contributed by atoms with E-state index in [1.54, 1.807) is 19.1 Å². The molecule has 19 heavy (non-hydrogen) atoms. The average Bonchev–Trinajstić information content (AvgIpc) is 2.44. The zero-order valence-electron chi connectivity index (χ0n) is 11.8. The molecular formula is C14H22N2O3. The zero-order valence-corrected chi connectivity index (χ0v) is 11.8. The number of methoxy groups -OCH3 is 1. The van der Waals surface area contributed by atoms with Gasteiger partial charge in [0, 0.05) is 20.2 Å². The van der Waals surface area contributed by atoms with Crippen LogP contribution in [-0.4, -0.2) is 44.2 Å². The molecule has 0 aliphatic rings. The molecule has 1 aromatic rings. The summed E-state index contributed by atoms with van der Waals surface area (Å²) in [7, 11) is 3.36. The predicted molar refractivity (Wildman–Crippen MR) is 73.9 cm³/mol. The van der Waals surface area contributed by atoms with Gasteiger partial charge in [-0.25, -0.2) is 0 Å². The summed E-state index contributed by atoms with van der Waals surface area (Å²) in [6.45, 7) is 3.20. The lowest BCUT2D eigenvalue weighted by atomic mass is 10.2. The molecule has 0 aromatic heterocycles. The highest BCUT2D eigenvalue weighted by atomic mass is 16.5. The first-order valence-electron chi connectivity index (χ1n) is 6.29. The Morgan fingerprint density at radius 3 is 2.53 bits per heavy atom. The predicted octanol–water partition coefficient (Wildman–Crippen LogP) is 1.02. The molecule has 1 atom stereocenters. The van der Waals surface area contributed by atoms with Gasteiger partial charge >= 0.3 is 0 Å². The third-order valence-corrected chi connectivity index (χ3v) is 2.77. The van der Waals surface area contributed by atoms with Crippen LogP contribution in [0.15, 0.2) is 24.3 Å². The van der Waals surface area contributed by atoms with Gasteiger partial charge in [-0.2, -0.15) is 0 Å². The van der Waals surface area contributed by atoms with Gasteiger partial charge < -0.3 is 20.1 Å². The first-order valence-corrected chi connectivity index (χ1v) is 6.29. The molecule has 0 fully saturated rings. The highest BCUT2D eigenvalue weighted by molar-refractivity contribution is 5.81. The lowest BCUT2D eigenvalue weighted by Gasteiger charge is -2.21. The summed E-state index contributed by atoms with van der Waals surface area (Å²) in [4.78, 5) is 13.6. The van der Waals surface area contributed by atoms with E-state index < -0.39 is 6.04 Å². The molecule has 0 spiro atoms. The van der Waals surface area contributed by atoms with Crippen molar-refractivity contribution >= 4 is 5.91 Å². The van der Waals surface area contributed by atoms with Crippen LogP contribution in [0.25, 0.3) is 0 Å². The summed E-state index contributed by atoms with van der Waals surface area (Å²) in [5, 5.41) is 0. The summed E-state index contributed by atoms with van der Waals surface area (Å²) < 4.78 is 10.2. The summed E-state index contributed by atoms with van der Waals surface area (Å²) in [6, 6.07) is 6.98. The summed E-state index contributed by atoms with van der Waals surface area (Å²) in [5.74, 6) is 0.676. The van der Waals surface area contributed by atoms with Crippen molar-refractivity contribution in [3.63, 3.8) is 0 Å². The Morgan fingerprint density at radius 1 is 1.37 bits per heavy atom. The van der Waals surface area contributed by atoms with Crippen LogP contribution in [0.4, 0.5) is 0 Å². The maximum Gasteiger partial charge on any atom is 0.241 e.